The molecule has 0 aliphatic rings. The molecule has 0 aliphatic heterocycles. The van der Waals surface area contributed by atoms with E-state index < -0.39 is 0 Å². The minimum Gasteiger partial charge on any atom is -0.358 e. The van der Waals surface area contributed by atoms with Gasteiger partial charge in [-0.25, -0.2) is 0 Å². The number of aromatic nitrogens is 1. The van der Waals surface area contributed by atoms with Crippen LogP contribution in [0.25, 0.3) is 10.9 Å². The monoisotopic (exact) mass is 467 g/mol. The first kappa shape index (κ1) is 20.4. The molecule has 4 heteroatoms. The molecule has 0 saturated carbocycles. The Kier molecular flexibility index (Phi) is 9.38. The van der Waals surface area contributed by atoms with Gasteiger partial charge in [-0.15, -0.1) is 0 Å². The average molecular weight is 465 g/mol. The number of rotatable bonds is 2. The molecule has 0 atom stereocenters. The number of nitrogens with zero attached hydrogens (tertiary/aromatic N) is 1. The number of hydrogen-bond acceptors (Lipinski definition) is 2. The predicted octanol–water partition coefficient (Wildman–Crippen LogP) is 4.25. The Morgan fingerprint density at radius 1 is 0.909 bits per heavy atom. The van der Waals surface area contributed by atoms with Gasteiger partial charge >= 0.3 is 19.8 Å². The topological polar surface area (TPSA) is 24.9 Å². The van der Waals surface area contributed by atoms with Crippen LogP contribution in [0.4, 0.5) is 11.4 Å². The van der Waals surface area contributed by atoms with Crippen LogP contribution in [0.15, 0.2) is 60.8 Å². The number of hydrogen-bond donors (Lipinski definition) is 1. The van der Waals surface area contributed by atoms with Crippen molar-refractivity contribution in [3.63, 3.8) is 0 Å². The van der Waals surface area contributed by atoms with Crippen LogP contribution < -0.4 is 10.8 Å². The molecule has 22 heavy (non-hydrogen) atoms. The molecule has 1 aromatic heterocycles. The molecule has 113 valence electrons. The van der Waals surface area contributed by atoms with Crippen molar-refractivity contribution in [3.8, 4) is 0 Å². The maximum absolute atomic E-state index is 5.74. The van der Waals surface area contributed by atoms with Crippen LogP contribution in [-0.4, -0.2) is 12.8 Å². The quantitative estimate of drug-likeness (QED) is 0.452. The van der Waals surface area contributed by atoms with Crippen molar-refractivity contribution in [2.24, 2.45) is 0 Å². The van der Waals surface area contributed by atoms with Gasteiger partial charge < -0.3 is 12.7 Å². The summed E-state index contributed by atoms with van der Waals surface area (Å²) >= 11 is 0. The molecule has 1 N–H and O–H groups in total. The van der Waals surface area contributed by atoms with E-state index in [1.807, 2.05) is 68.4 Å². The largest absolute Gasteiger partial charge is 1.00 e. The van der Waals surface area contributed by atoms with E-state index in [-0.39, 0.29) is 27.2 Å². The fourth-order valence-corrected chi connectivity index (χ4v) is 1.91. The number of nitrogens with one attached hydrogen (secondary N) is 1. The summed E-state index contributed by atoms with van der Waals surface area (Å²) in [5.41, 5.74) is 3.72. The van der Waals surface area contributed by atoms with Crippen LogP contribution in [0.1, 0.15) is 13.8 Å². The molecule has 0 fully saturated rings. The molecule has 0 saturated heterocycles. The summed E-state index contributed by atoms with van der Waals surface area (Å²) < 4.78 is 0. The standard InChI is InChI=1S/C15H11BN2.C2H6.CH3.Os/c16-12-8-11-9-14(6-7-15(11)17-10-12)18-13-4-2-1-3-5-13;1-2;;/h1-10,18H;1-2H3;1H3;/q;;-1;+1. The van der Waals surface area contributed by atoms with Crippen molar-refractivity contribution in [1.29, 1.82) is 0 Å². The van der Waals surface area contributed by atoms with Crippen molar-refractivity contribution in [2.75, 3.05) is 5.32 Å². The number of pyridine rings is 1. The molecular formula is C18H20BN2Os. The number of fused-ring (bicyclic) bond motifs is 1. The molecule has 3 aromatic rings. The SMILES string of the molecule is CC.[B]c1cnc2ccc(Nc3ccccc3)cc2c1.[CH3-].[Os+]. The fourth-order valence-electron chi connectivity index (χ4n) is 1.91. The Balaban J connectivity index is 0.00000106. The Bertz CT molecular complexity index is 687. The van der Waals surface area contributed by atoms with Gasteiger partial charge in [-0.05, 0) is 30.3 Å². The zero-order chi connectivity index (χ0) is 14.4. The average Bonchev–Trinajstić information content (AvgIpc) is 2.50. The molecule has 1 heterocycles. The molecule has 0 bridgehead atoms. The molecule has 3 radical (unpaired) electrons. The first-order valence-electron chi connectivity index (χ1n) is 6.79. The third-order valence-electron chi connectivity index (χ3n) is 2.76. The van der Waals surface area contributed by atoms with Crippen molar-refractivity contribution in [2.45, 2.75) is 13.8 Å². The van der Waals surface area contributed by atoms with E-state index in [0.29, 0.717) is 5.46 Å². The van der Waals surface area contributed by atoms with E-state index in [9.17, 15) is 0 Å². The molecule has 2 nitrogen and oxygen atoms in total. The summed E-state index contributed by atoms with van der Waals surface area (Å²) in [4.78, 5) is 4.28. The predicted molar refractivity (Wildman–Crippen MR) is 94.6 cm³/mol. The molecule has 3 rings (SSSR count). The van der Waals surface area contributed by atoms with Gasteiger partial charge in [0, 0.05) is 23.0 Å². The maximum Gasteiger partial charge on any atom is 1.00 e. The fraction of sp³-hybridized carbons (Fsp3) is 0.111. The second-order valence-corrected chi connectivity index (χ2v) is 4.17. The van der Waals surface area contributed by atoms with Crippen molar-refractivity contribution >= 4 is 35.6 Å². The molecule has 0 aliphatic carbocycles. The van der Waals surface area contributed by atoms with Crippen LogP contribution >= 0.6 is 0 Å². The van der Waals surface area contributed by atoms with E-state index in [1.165, 1.54) is 0 Å². The summed E-state index contributed by atoms with van der Waals surface area (Å²) in [5.74, 6) is 0. The summed E-state index contributed by atoms with van der Waals surface area (Å²) in [7, 11) is 5.74. The maximum atomic E-state index is 5.74. The van der Waals surface area contributed by atoms with E-state index in [2.05, 4.69) is 10.3 Å². The van der Waals surface area contributed by atoms with Crippen LogP contribution in [-0.2, 0) is 19.8 Å². The van der Waals surface area contributed by atoms with Crippen LogP contribution in [0, 0.1) is 7.43 Å². The molecule has 0 spiro atoms. The van der Waals surface area contributed by atoms with Gasteiger partial charge in [0.25, 0.3) is 0 Å². The van der Waals surface area contributed by atoms with Gasteiger partial charge in [0.05, 0.1) is 5.52 Å². The van der Waals surface area contributed by atoms with Crippen LogP contribution in [0.2, 0.25) is 0 Å². The van der Waals surface area contributed by atoms with E-state index >= 15 is 0 Å². The van der Waals surface area contributed by atoms with Gasteiger partial charge in [-0.1, -0.05) is 43.6 Å². The Morgan fingerprint density at radius 2 is 1.59 bits per heavy atom. The third-order valence-corrected chi connectivity index (χ3v) is 2.76. The number of para-hydroxylation sites is 1. The number of benzene rings is 2. The van der Waals surface area contributed by atoms with Crippen LogP contribution in [0.5, 0.6) is 0 Å². The van der Waals surface area contributed by atoms with Gasteiger partial charge in [-0.2, -0.15) is 0 Å². The summed E-state index contributed by atoms with van der Waals surface area (Å²) in [6, 6.07) is 18.0. The molecule has 2 aromatic carbocycles. The Morgan fingerprint density at radius 3 is 2.27 bits per heavy atom. The van der Waals surface area contributed by atoms with E-state index in [4.69, 9.17) is 7.85 Å². The zero-order valence-electron chi connectivity index (χ0n) is 13.2. The second kappa shape index (κ2) is 10.1. The van der Waals surface area contributed by atoms with E-state index in [1.54, 1.807) is 6.20 Å². The molecule has 0 amide bonds. The van der Waals surface area contributed by atoms with Crippen molar-refractivity contribution in [3.05, 3.63) is 68.2 Å². The Hall–Kier alpha value is -1.65. The van der Waals surface area contributed by atoms with Gasteiger partial charge in [0.15, 0.2) is 0 Å². The molecule has 0 unspecified atom stereocenters. The van der Waals surface area contributed by atoms with Crippen molar-refractivity contribution in [1.82, 2.24) is 4.98 Å². The zero-order valence-corrected chi connectivity index (χ0v) is 15.7. The summed E-state index contributed by atoms with van der Waals surface area (Å²) in [6.45, 7) is 4.00. The van der Waals surface area contributed by atoms with Gasteiger partial charge in [0.1, 0.15) is 7.85 Å². The van der Waals surface area contributed by atoms with E-state index in [0.717, 1.165) is 22.3 Å². The normalized spacial score (nSPS) is 8.82. The third kappa shape index (κ3) is 5.28. The van der Waals surface area contributed by atoms with Gasteiger partial charge in [-0.3, -0.25) is 4.98 Å². The molecular weight excluding hydrogens is 445 g/mol. The minimum atomic E-state index is 0. The second-order valence-electron chi connectivity index (χ2n) is 4.17. The Labute approximate surface area is 147 Å². The van der Waals surface area contributed by atoms with Crippen molar-refractivity contribution < 1.29 is 19.8 Å². The first-order valence-corrected chi connectivity index (χ1v) is 6.79. The summed E-state index contributed by atoms with van der Waals surface area (Å²) in [5, 5.41) is 4.38. The smallest absolute Gasteiger partial charge is 0.358 e. The van der Waals surface area contributed by atoms with Crippen LogP contribution in [0.3, 0.4) is 0 Å². The first-order chi connectivity index (χ1) is 9.81. The minimum absolute atomic E-state index is 0. The summed E-state index contributed by atoms with van der Waals surface area (Å²) in [6.07, 6.45) is 1.67. The van der Waals surface area contributed by atoms with Gasteiger partial charge in [0.2, 0.25) is 0 Å². The number of anilines is 2.